The molecule has 0 saturated carbocycles. The third kappa shape index (κ3) is 3.23. The molecule has 0 radical (unpaired) electrons. The van der Waals surface area contributed by atoms with Gasteiger partial charge in [0.25, 0.3) is 0 Å². The molecule has 4 rings (SSSR count). The number of hydrogen-bond acceptors (Lipinski definition) is 4. The Labute approximate surface area is 154 Å². The predicted molar refractivity (Wildman–Crippen MR) is 103 cm³/mol. The molecule has 3 nitrogen and oxygen atoms in total. The van der Waals surface area contributed by atoms with E-state index in [4.69, 9.17) is 0 Å². The maximum absolute atomic E-state index is 4.50. The van der Waals surface area contributed by atoms with E-state index in [1.165, 1.54) is 28.7 Å². The Bertz CT molecular complexity index is 832. The van der Waals surface area contributed by atoms with Gasteiger partial charge < -0.3 is 5.32 Å². The second-order valence-corrected chi connectivity index (χ2v) is 7.89. The van der Waals surface area contributed by atoms with Gasteiger partial charge >= 0.3 is 0 Å². The van der Waals surface area contributed by atoms with E-state index in [-0.39, 0.29) is 12.4 Å². The van der Waals surface area contributed by atoms with Crippen molar-refractivity contribution in [3.8, 4) is 0 Å². The van der Waals surface area contributed by atoms with Crippen molar-refractivity contribution in [3.05, 3.63) is 45.5 Å². The molecule has 1 aromatic carbocycles. The van der Waals surface area contributed by atoms with E-state index in [1.54, 1.807) is 6.33 Å². The van der Waals surface area contributed by atoms with Gasteiger partial charge in [-0.2, -0.15) is 0 Å². The number of fused-ring (bicyclic) bond motifs is 3. The van der Waals surface area contributed by atoms with Crippen LogP contribution in [0.15, 0.2) is 35.1 Å². The summed E-state index contributed by atoms with van der Waals surface area (Å²) in [6, 6.07) is 8.18. The molecule has 0 amide bonds. The van der Waals surface area contributed by atoms with Crippen LogP contribution in [0, 0.1) is 5.92 Å². The Morgan fingerprint density at radius 2 is 2.00 bits per heavy atom. The van der Waals surface area contributed by atoms with Crippen LogP contribution in [0.5, 0.6) is 0 Å². The fraction of sp³-hybridized carbons (Fsp3) is 0.294. The van der Waals surface area contributed by atoms with Crippen molar-refractivity contribution in [1.82, 2.24) is 9.97 Å². The van der Waals surface area contributed by atoms with Crippen LogP contribution < -0.4 is 5.32 Å². The lowest BCUT2D eigenvalue weighted by Crippen LogP contribution is -2.09. The minimum absolute atomic E-state index is 0. The summed E-state index contributed by atoms with van der Waals surface area (Å²) < 4.78 is 1.08. The number of nitrogens with zero attached hydrogens (tertiary/aromatic N) is 2. The summed E-state index contributed by atoms with van der Waals surface area (Å²) in [6.45, 7) is 2.33. The summed E-state index contributed by atoms with van der Waals surface area (Å²) in [4.78, 5) is 11.6. The number of aromatic nitrogens is 2. The van der Waals surface area contributed by atoms with E-state index in [2.05, 4.69) is 50.3 Å². The van der Waals surface area contributed by atoms with Crippen molar-refractivity contribution in [2.75, 3.05) is 5.32 Å². The highest BCUT2D eigenvalue weighted by Gasteiger charge is 2.23. The van der Waals surface area contributed by atoms with Crippen molar-refractivity contribution >= 4 is 61.4 Å². The molecule has 120 valence electrons. The van der Waals surface area contributed by atoms with Crippen LogP contribution in [0.25, 0.3) is 10.2 Å². The molecule has 0 spiro atoms. The quantitative estimate of drug-likeness (QED) is 0.585. The lowest BCUT2D eigenvalue weighted by molar-refractivity contribution is 0.509. The van der Waals surface area contributed by atoms with Crippen LogP contribution in [-0.4, -0.2) is 9.97 Å². The molecule has 23 heavy (non-hydrogen) atoms. The van der Waals surface area contributed by atoms with Gasteiger partial charge in [-0.25, -0.2) is 9.97 Å². The average Bonchev–Trinajstić information content (AvgIpc) is 2.88. The smallest absolute Gasteiger partial charge is 0.142 e. The van der Waals surface area contributed by atoms with Gasteiger partial charge in [-0.05, 0) is 55.0 Å². The van der Waals surface area contributed by atoms with Crippen molar-refractivity contribution in [1.29, 1.82) is 0 Å². The van der Waals surface area contributed by atoms with Crippen LogP contribution in [0.1, 0.15) is 23.8 Å². The maximum Gasteiger partial charge on any atom is 0.142 e. The zero-order valence-corrected chi connectivity index (χ0v) is 15.9. The van der Waals surface area contributed by atoms with Crippen LogP contribution in [-0.2, 0) is 12.8 Å². The summed E-state index contributed by atoms with van der Waals surface area (Å²) in [6.07, 6.45) is 5.23. The molecule has 6 heteroatoms. The van der Waals surface area contributed by atoms with Gasteiger partial charge in [-0.3, -0.25) is 0 Å². The molecule has 0 saturated heterocycles. The number of benzene rings is 1. The fourth-order valence-electron chi connectivity index (χ4n) is 3.04. The van der Waals surface area contributed by atoms with Gasteiger partial charge in [0, 0.05) is 15.0 Å². The molecule has 1 atom stereocenters. The molecule has 1 aliphatic rings. The van der Waals surface area contributed by atoms with Gasteiger partial charge in [0.05, 0.1) is 5.39 Å². The Balaban J connectivity index is 0.00000156. The Kier molecular flexibility index (Phi) is 4.90. The standard InChI is InChI=1S/C17H16BrN3S.ClH/c1-10-2-7-13-14(8-10)22-17-15(13)16(19-9-20-17)21-12-5-3-11(18)4-6-12;/h3-6,9-10H,2,7-8H2,1H3,(H,19,20,21);1H. The van der Waals surface area contributed by atoms with E-state index in [0.717, 1.165) is 33.1 Å². The van der Waals surface area contributed by atoms with Gasteiger partial charge in [-0.1, -0.05) is 22.9 Å². The van der Waals surface area contributed by atoms with Crippen LogP contribution in [0.3, 0.4) is 0 Å². The Morgan fingerprint density at radius 3 is 2.78 bits per heavy atom. The molecule has 1 unspecified atom stereocenters. The first-order valence-corrected chi connectivity index (χ1v) is 9.09. The predicted octanol–water partition coefficient (Wildman–Crippen LogP) is 5.74. The number of anilines is 2. The summed E-state index contributed by atoms with van der Waals surface area (Å²) in [5, 5.41) is 4.68. The van der Waals surface area contributed by atoms with Gasteiger partial charge in [0.2, 0.25) is 0 Å². The van der Waals surface area contributed by atoms with Crippen molar-refractivity contribution in [3.63, 3.8) is 0 Å². The van der Waals surface area contributed by atoms with E-state index in [9.17, 15) is 0 Å². The topological polar surface area (TPSA) is 37.8 Å². The average molecular weight is 411 g/mol. The highest BCUT2D eigenvalue weighted by molar-refractivity contribution is 9.10. The largest absolute Gasteiger partial charge is 0.340 e. The van der Waals surface area contributed by atoms with E-state index in [1.807, 2.05) is 23.5 Å². The first-order chi connectivity index (χ1) is 10.7. The lowest BCUT2D eigenvalue weighted by atomic mass is 9.89. The maximum atomic E-state index is 4.50. The number of halogens is 2. The monoisotopic (exact) mass is 409 g/mol. The summed E-state index contributed by atoms with van der Waals surface area (Å²) >= 11 is 5.30. The zero-order chi connectivity index (χ0) is 15.1. The van der Waals surface area contributed by atoms with Gasteiger partial charge in [0.15, 0.2) is 0 Å². The van der Waals surface area contributed by atoms with Crippen molar-refractivity contribution in [2.24, 2.45) is 5.92 Å². The summed E-state index contributed by atoms with van der Waals surface area (Å²) in [7, 11) is 0. The second kappa shape index (κ2) is 6.75. The summed E-state index contributed by atoms with van der Waals surface area (Å²) in [5.41, 5.74) is 2.51. The Morgan fingerprint density at radius 1 is 1.22 bits per heavy atom. The molecule has 0 bridgehead atoms. The lowest BCUT2D eigenvalue weighted by Gasteiger charge is -2.18. The normalized spacial score (nSPS) is 16.7. The zero-order valence-electron chi connectivity index (χ0n) is 12.7. The number of thiophene rings is 1. The molecule has 3 aromatic rings. The van der Waals surface area contributed by atoms with Crippen LogP contribution >= 0.6 is 39.7 Å². The molecule has 0 aliphatic heterocycles. The number of nitrogens with one attached hydrogen (secondary N) is 1. The number of aryl methyl sites for hydroxylation is 1. The van der Waals surface area contributed by atoms with Crippen molar-refractivity contribution in [2.45, 2.75) is 26.2 Å². The molecule has 2 heterocycles. The molecule has 1 aliphatic carbocycles. The highest BCUT2D eigenvalue weighted by Crippen LogP contribution is 2.40. The first-order valence-electron chi connectivity index (χ1n) is 7.48. The first kappa shape index (κ1) is 16.7. The number of rotatable bonds is 2. The van der Waals surface area contributed by atoms with E-state index >= 15 is 0 Å². The minimum atomic E-state index is 0. The van der Waals surface area contributed by atoms with Crippen LogP contribution in [0.2, 0.25) is 0 Å². The van der Waals surface area contributed by atoms with Crippen LogP contribution in [0.4, 0.5) is 11.5 Å². The second-order valence-electron chi connectivity index (χ2n) is 5.89. The Hall–Kier alpha value is -1.17. The van der Waals surface area contributed by atoms with E-state index < -0.39 is 0 Å². The third-order valence-electron chi connectivity index (χ3n) is 4.20. The fourth-order valence-corrected chi connectivity index (χ4v) is 4.65. The molecule has 0 fully saturated rings. The van der Waals surface area contributed by atoms with Crippen molar-refractivity contribution < 1.29 is 0 Å². The van der Waals surface area contributed by atoms with Gasteiger partial charge in [0.1, 0.15) is 17.0 Å². The molecule has 2 aromatic heterocycles. The third-order valence-corrected chi connectivity index (χ3v) is 5.89. The molecular weight excluding hydrogens is 394 g/mol. The number of hydrogen-bond donors (Lipinski definition) is 1. The molecular formula is C17H17BrClN3S. The molecule has 1 N–H and O–H groups in total. The summed E-state index contributed by atoms with van der Waals surface area (Å²) in [5.74, 6) is 1.70. The minimum Gasteiger partial charge on any atom is -0.340 e. The SMILES string of the molecule is CC1CCc2c(sc3ncnc(Nc4ccc(Br)cc4)c23)C1.Cl. The van der Waals surface area contributed by atoms with Gasteiger partial charge in [-0.15, -0.1) is 23.7 Å². The van der Waals surface area contributed by atoms with E-state index in [0.29, 0.717) is 0 Å². The highest BCUT2D eigenvalue weighted by atomic mass is 79.9.